The summed E-state index contributed by atoms with van der Waals surface area (Å²) in [5.74, 6) is 1.28. The monoisotopic (exact) mass is 281 g/mol. The second kappa shape index (κ2) is 7.87. The van der Waals surface area contributed by atoms with Crippen molar-refractivity contribution in [3.8, 4) is 0 Å². The van der Waals surface area contributed by atoms with E-state index in [0.29, 0.717) is 11.8 Å². The van der Waals surface area contributed by atoms with Crippen molar-refractivity contribution in [1.29, 1.82) is 0 Å². The zero-order valence-corrected chi connectivity index (χ0v) is 13.2. The van der Waals surface area contributed by atoms with Crippen LogP contribution in [-0.4, -0.2) is 55.1 Å². The Balaban J connectivity index is 1.55. The highest BCUT2D eigenvalue weighted by atomic mass is 16.2. The van der Waals surface area contributed by atoms with Crippen LogP contribution in [0.25, 0.3) is 0 Å². The third-order valence-corrected chi connectivity index (χ3v) is 4.53. The van der Waals surface area contributed by atoms with Crippen LogP contribution in [0.1, 0.15) is 46.0 Å². The molecule has 20 heavy (non-hydrogen) atoms. The average Bonchev–Trinajstić information content (AvgIpc) is 2.90. The molecule has 4 nitrogen and oxygen atoms in total. The number of nitrogens with one attached hydrogen (secondary N) is 1. The van der Waals surface area contributed by atoms with Crippen molar-refractivity contribution in [3.63, 3.8) is 0 Å². The van der Waals surface area contributed by atoms with Crippen LogP contribution in [0, 0.1) is 11.8 Å². The maximum absolute atomic E-state index is 12.1. The van der Waals surface area contributed by atoms with Crippen molar-refractivity contribution in [1.82, 2.24) is 15.1 Å². The summed E-state index contributed by atoms with van der Waals surface area (Å²) in [5.41, 5.74) is 0. The molecule has 2 amide bonds. The van der Waals surface area contributed by atoms with Crippen LogP contribution in [0.5, 0.6) is 0 Å². The SMILES string of the molecule is CC1CC(C)CN(C(=O)NCCCCN2CCCC2)C1. The van der Waals surface area contributed by atoms with E-state index in [1.165, 1.54) is 45.3 Å². The zero-order valence-electron chi connectivity index (χ0n) is 13.2. The molecule has 0 saturated carbocycles. The van der Waals surface area contributed by atoms with Gasteiger partial charge in [-0.2, -0.15) is 0 Å². The molecule has 0 aromatic rings. The highest BCUT2D eigenvalue weighted by Crippen LogP contribution is 2.20. The van der Waals surface area contributed by atoms with Crippen LogP contribution in [0.15, 0.2) is 0 Å². The minimum atomic E-state index is 0.143. The predicted octanol–water partition coefficient (Wildman–Crippen LogP) is 2.55. The Morgan fingerprint density at radius 2 is 1.75 bits per heavy atom. The molecule has 2 fully saturated rings. The lowest BCUT2D eigenvalue weighted by Crippen LogP contribution is -2.47. The Bertz CT molecular complexity index is 292. The summed E-state index contributed by atoms with van der Waals surface area (Å²) in [4.78, 5) is 16.6. The molecule has 2 aliphatic heterocycles. The number of nitrogens with zero attached hydrogens (tertiary/aromatic N) is 2. The molecule has 2 rings (SSSR count). The van der Waals surface area contributed by atoms with Crippen molar-refractivity contribution in [2.75, 3.05) is 39.3 Å². The van der Waals surface area contributed by atoms with Gasteiger partial charge in [-0.25, -0.2) is 4.79 Å². The van der Waals surface area contributed by atoms with Gasteiger partial charge in [-0.05, 0) is 63.6 Å². The fraction of sp³-hybridized carbons (Fsp3) is 0.938. The first-order chi connectivity index (χ1) is 9.65. The molecule has 0 radical (unpaired) electrons. The molecule has 2 heterocycles. The van der Waals surface area contributed by atoms with Gasteiger partial charge in [-0.15, -0.1) is 0 Å². The van der Waals surface area contributed by atoms with Crippen LogP contribution in [0.2, 0.25) is 0 Å². The minimum absolute atomic E-state index is 0.143. The largest absolute Gasteiger partial charge is 0.338 e. The molecule has 4 heteroatoms. The highest BCUT2D eigenvalue weighted by Gasteiger charge is 2.24. The summed E-state index contributed by atoms with van der Waals surface area (Å²) in [5, 5.41) is 3.09. The minimum Gasteiger partial charge on any atom is -0.338 e. The number of likely N-dealkylation sites (tertiary alicyclic amines) is 2. The van der Waals surface area contributed by atoms with Gasteiger partial charge in [0, 0.05) is 19.6 Å². The first-order valence-electron chi connectivity index (χ1n) is 8.40. The average molecular weight is 281 g/mol. The quantitative estimate of drug-likeness (QED) is 0.786. The lowest BCUT2D eigenvalue weighted by atomic mass is 9.92. The van der Waals surface area contributed by atoms with E-state index in [2.05, 4.69) is 24.1 Å². The number of rotatable bonds is 5. The van der Waals surface area contributed by atoms with Gasteiger partial charge in [-0.3, -0.25) is 0 Å². The Kier molecular flexibility index (Phi) is 6.14. The molecule has 0 aromatic carbocycles. The number of amides is 2. The lowest BCUT2D eigenvalue weighted by Gasteiger charge is -2.34. The smallest absolute Gasteiger partial charge is 0.317 e. The van der Waals surface area contributed by atoms with Crippen LogP contribution in [-0.2, 0) is 0 Å². The van der Waals surface area contributed by atoms with Crippen LogP contribution < -0.4 is 5.32 Å². The zero-order chi connectivity index (χ0) is 14.4. The van der Waals surface area contributed by atoms with Gasteiger partial charge >= 0.3 is 6.03 Å². The lowest BCUT2D eigenvalue weighted by molar-refractivity contribution is 0.146. The Morgan fingerprint density at radius 1 is 1.10 bits per heavy atom. The van der Waals surface area contributed by atoms with Crippen LogP contribution >= 0.6 is 0 Å². The fourth-order valence-electron chi connectivity index (χ4n) is 3.60. The van der Waals surface area contributed by atoms with Crippen molar-refractivity contribution >= 4 is 6.03 Å². The number of hydrogen-bond donors (Lipinski definition) is 1. The van der Waals surface area contributed by atoms with Crippen molar-refractivity contribution in [2.24, 2.45) is 11.8 Å². The molecule has 2 atom stereocenters. The topological polar surface area (TPSA) is 35.6 Å². The number of unbranched alkanes of at least 4 members (excludes halogenated alkanes) is 1. The molecule has 1 N–H and O–H groups in total. The maximum Gasteiger partial charge on any atom is 0.317 e. The highest BCUT2D eigenvalue weighted by molar-refractivity contribution is 5.74. The summed E-state index contributed by atoms with van der Waals surface area (Å²) in [6, 6.07) is 0.143. The van der Waals surface area contributed by atoms with Crippen molar-refractivity contribution in [3.05, 3.63) is 0 Å². The first kappa shape index (κ1) is 15.6. The van der Waals surface area contributed by atoms with Gasteiger partial charge in [0.2, 0.25) is 0 Å². The maximum atomic E-state index is 12.1. The van der Waals surface area contributed by atoms with E-state index in [4.69, 9.17) is 0 Å². The van der Waals surface area contributed by atoms with Gasteiger partial charge < -0.3 is 15.1 Å². The van der Waals surface area contributed by atoms with Crippen molar-refractivity contribution in [2.45, 2.75) is 46.0 Å². The van der Waals surface area contributed by atoms with Crippen LogP contribution in [0.3, 0.4) is 0 Å². The van der Waals surface area contributed by atoms with Crippen molar-refractivity contribution < 1.29 is 4.79 Å². The summed E-state index contributed by atoms with van der Waals surface area (Å²) in [7, 11) is 0. The van der Waals surface area contributed by atoms with Gasteiger partial charge in [-0.1, -0.05) is 13.8 Å². The van der Waals surface area contributed by atoms with E-state index in [9.17, 15) is 4.79 Å². The van der Waals surface area contributed by atoms with E-state index in [1.54, 1.807) is 0 Å². The number of urea groups is 1. The van der Waals surface area contributed by atoms with E-state index < -0.39 is 0 Å². The summed E-state index contributed by atoms with van der Waals surface area (Å²) < 4.78 is 0. The van der Waals surface area contributed by atoms with Gasteiger partial charge in [0.25, 0.3) is 0 Å². The Morgan fingerprint density at radius 3 is 2.40 bits per heavy atom. The second-order valence-electron chi connectivity index (χ2n) is 6.84. The molecule has 0 aromatic heterocycles. The molecule has 0 spiro atoms. The molecule has 0 aliphatic carbocycles. The second-order valence-corrected chi connectivity index (χ2v) is 6.84. The Hall–Kier alpha value is -0.770. The normalized spacial score (nSPS) is 27.8. The van der Waals surface area contributed by atoms with Gasteiger partial charge in [0.05, 0.1) is 0 Å². The fourth-order valence-corrected chi connectivity index (χ4v) is 3.60. The number of hydrogen-bond acceptors (Lipinski definition) is 2. The summed E-state index contributed by atoms with van der Waals surface area (Å²) in [6.07, 6.45) is 6.28. The number of carbonyl (C=O) groups excluding carboxylic acids is 1. The summed E-state index contributed by atoms with van der Waals surface area (Å²) in [6.45, 7) is 10.9. The van der Waals surface area contributed by atoms with E-state index >= 15 is 0 Å². The predicted molar refractivity (Wildman–Crippen MR) is 82.8 cm³/mol. The van der Waals surface area contributed by atoms with Crippen LogP contribution in [0.4, 0.5) is 4.79 Å². The molecular weight excluding hydrogens is 250 g/mol. The molecule has 2 aliphatic rings. The first-order valence-corrected chi connectivity index (χ1v) is 8.40. The van der Waals surface area contributed by atoms with Gasteiger partial charge in [0.1, 0.15) is 0 Å². The standard InChI is InChI=1S/C16H31N3O/c1-14-11-15(2)13-19(12-14)16(20)17-7-3-4-8-18-9-5-6-10-18/h14-15H,3-13H2,1-2H3,(H,17,20). The molecular formula is C16H31N3O. The van der Waals surface area contributed by atoms with E-state index in [0.717, 1.165) is 26.1 Å². The molecule has 2 saturated heterocycles. The Labute approximate surface area is 123 Å². The molecule has 116 valence electrons. The number of carbonyl (C=O) groups is 1. The van der Waals surface area contributed by atoms with Gasteiger partial charge in [0.15, 0.2) is 0 Å². The number of piperidine rings is 1. The summed E-state index contributed by atoms with van der Waals surface area (Å²) >= 11 is 0. The third-order valence-electron chi connectivity index (χ3n) is 4.53. The third kappa shape index (κ3) is 4.97. The van der Waals surface area contributed by atoms with E-state index in [1.807, 2.05) is 4.90 Å². The van der Waals surface area contributed by atoms with E-state index in [-0.39, 0.29) is 6.03 Å². The molecule has 0 bridgehead atoms. The molecule has 2 unspecified atom stereocenters.